The zero-order chi connectivity index (χ0) is 29.1. The zero-order valence-electron chi connectivity index (χ0n) is 24.2. The van der Waals surface area contributed by atoms with Crippen LogP contribution in [0, 0.1) is 0 Å². The average Bonchev–Trinajstić information content (AvgIpc) is 3.74. The number of unbranched alkanes of at least 4 members (excludes halogenated alkanes) is 3. The molecule has 0 aliphatic rings. The van der Waals surface area contributed by atoms with Crippen LogP contribution in [-0.4, -0.2) is 16.8 Å². The molecular formula is C36H39Cl2NOZr. The molecule has 0 radical (unpaired) electrons. The van der Waals surface area contributed by atoms with Gasteiger partial charge in [0.2, 0.25) is 0 Å². The van der Waals surface area contributed by atoms with Gasteiger partial charge in [-0.2, -0.15) is 30.3 Å². The number of hydrogen-bond acceptors (Lipinski definition) is 1. The minimum absolute atomic E-state index is 0.0316. The molecule has 212 valence electrons. The molecule has 1 aromatic heterocycles. The molecule has 5 heteroatoms. The van der Waals surface area contributed by atoms with E-state index in [4.69, 9.17) is 21.8 Å². The Labute approximate surface area is 263 Å². The number of benzene rings is 3. The molecule has 6 aromatic rings. The minimum atomic E-state index is -0.826. The second-order valence-corrected chi connectivity index (χ2v) is 14.9. The van der Waals surface area contributed by atoms with Crippen molar-refractivity contribution in [2.75, 3.05) is 6.61 Å². The van der Waals surface area contributed by atoms with E-state index in [1.807, 2.05) is 30.3 Å². The molecule has 0 unspecified atom stereocenters. The molecule has 2 nitrogen and oxygen atoms in total. The van der Waals surface area contributed by atoms with Crippen LogP contribution in [0.3, 0.4) is 0 Å². The summed E-state index contributed by atoms with van der Waals surface area (Å²) in [5, 5.41) is 5.34. The van der Waals surface area contributed by atoms with Gasteiger partial charge in [-0.1, -0.05) is 48.7 Å². The summed E-state index contributed by atoms with van der Waals surface area (Å²) in [6.07, 6.45) is 4.79. The van der Waals surface area contributed by atoms with Gasteiger partial charge in [-0.05, 0) is 57.4 Å². The second-order valence-electron chi connectivity index (χ2n) is 11.1. The van der Waals surface area contributed by atoms with Crippen molar-refractivity contribution >= 4 is 49.6 Å². The van der Waals surface area contributed by atoms with Crippen LogP contribution in [0.25, 0.3) is 43.7 Å². The SMILES string of the molecule is CC(C)(C)OCCCCCCn1c2ccccc2c2cc(-c3cccc4[cH-]ccc34)ccc21.[Cl][Zr+2][Cl].c1cc[cH-]c1. The topological polar surface area (TPSA) is 14.2 Å². The molecule has 0 amide bonds. The molecule has 0 fully saturated rings. The number of fused-ring (bicyclic) bond motifs is 4. The number of nitrogens with zero attached hydrogens (tertiary/aromatic N) is 1. The Balaban J connectivity index is 0.000000424. The van der Waals surface area contributed by atoms with Crippen molar-refractivity contribution in [1.82, 2.24) is 4.57 Å². The van der Waals surface area contributed by atoms with Gasteiger partial charge < -0.3 is 9.30 Å². The maximum Gasteiger partial charge on any atom is -0.172 e. The van der Waals surface area contributed by atoms with E-state index in [2.05, 4.69) is 104 Å². The summed E-state index contributed by atoms with van der Waals surface area (Å²) in [5.74, 6) is 0. The Morgan fingerprint density at radius 1 is 0.732 bits per heavy atom. The molecule has 0 saturated carbocycles. The van der Waals surface area contributed by atoms with Gasteiger partial charge in [0.15, 0.2) is 0 Å². The molecular weight excluding hydrogens is 625 g/mol. The van der Waals surface area contributed by atoms with Crippen LogP contribution in [0.4, 0.5) is 0 Å². The van der Waals surface area contributed by atoms with E-state index in [9.17, 15) is 0 Å². The van der Waals surface area contributed by atoms with Crippen LogP contribution in [0.1, 0.15) is 46.5 Å². The maximum absolute atomic E-state index is 5.86. The van der Waals surface area contributed by atoms with Crippen molar-refractivity contribution in [2.45, 2.75) is 58.6 Å². The molecule has 5 aromatic carbocycles. The van der Waals surface area contributed by atoms with E-state index in [1.165, 1.54) is 63.0 Å². The first kappa shape index (κ1) is 31.8. The molecule has 6 rings (SSSR count). The van der Waals surface area contributed by atoms with Gasteiger partial charge in [-0.3, -0.25) is 0 Å². The Hall–Kier alpha value is -2.16. The van der Waals surface area contributed by atoms with Gasteiger partial charge in [0, 0.05) is 35.0 Å². The molecule has 0 aliphatic carbocycles. The predicted octanol–water partition coefficient (Wildman–Crippen LogP) is 11.5. The molecule has 1 heterocycles. The third-order valence-corrected chi connectivity index (χ3v) is 7.13. The number of para-hydroxylation sites is 1. The Morgan fingerprint density at radius 3 is 2.20 bits per heavy atom. The monoisotopic (exact) mass is 661 g/mol. The summed E-state index contributed by atoms with van der Waals surface area (Å²) < 4.78 is 8.38. The summed E-state index contributed by atoms with van der Waals surface area (Å²) in [7, 11) is 9.87. The number of aromatic nitrogens is 1. The first-order valence-electron chi connectivity index (χ1n) is 14.4. The Bertz CT molecular complexity index is 1590. The fourth-order valence-electron chi connectivity index (χ4n) is 5.30. The maximum atomic E-state index is 5.86. The van der Waals surface area contributed by atoms with Crippen LogP contribution in [0.5, 0.6) is 0 Å². The predicted molar refractivity (Wildman–Crippen MR) is 176 cm³/mol. The van der Waals surface area contributed by atoms with Crippen LogP contribution < -0.4 is 0 Å². The van der Waals surface area contributed by atoms with E-state index in [0.717, 1.165) is 19.6 Å². The van der Waals surface area contributed by atoms with E-state index in [1.54, 1.807) is 0 Å². The second kappa shape index (κ2) is 15.9. The van der Waals surface area contributed by atoms with Crippen molar-refractivity contribution in [2.24, 2.45) is 0 Å². The average molecular weight is 664 g/mol. The largest absolute Gasteiger partial charge is 0.214 e. The van der Waals surface area contributed by atoms with E-state index in [0.29, 0.717) is 0 Å². The number of halogens is 2. The third-order valence-electron chi connectivity index (χ3n) is 7.13. The summed E-state index contributed by atoms with van der Waals surface area (Å²) >= 11 is -0.826. The van der Waals surface area contributed by atoms with Crippen molar-refractivity contribution in [3.63, 3.8) is 0 Å². The summed E-state index contributed by atoms with van der Waals surface area (Å²) in [6.45, 7) is 8.29. The van der Waals surface area contributed by atoms with Gasteiger partial charge in [-0.15, -0.1) is 29.0 Å². The Kier molecular flexibility index (Phi) is 12.3. The van der Waals surface area contributed by atoms with Crippen LogP contribution in [0.2, 0.25) is 0 Å². The molecule has 0 bridgehead atoms. The summed E-state index contributed by atoms with van der Waals surface area (Å²) in [4.78, 5) is 0. The minimum Gasteiger partial charge on any atom is -0.214 e. The fourth-order valence-corrected chi connectivity index (χ4v) is 5.30. The van der Waals surface area contributed by atoms with Crippen molar-refractivity contribution < 1.29 is 25.6 Å². The van der Waals surface area contributed by atoms with Crippen molar-refractivity contribution in [1.29, 1.82) is 0 Å². The molecule has 41 heavy (non-hydrogen) atoms. The van der Waals surface area contributed by atoms with Gasteiger partial charge in [-0.25, -0.2) is 12.1 Å². The van der Waals surface area contributed by atoms with Crippen LogP contribution >= 0.6 is 17.0 Å². The van der Waals surface area contributed by atoms with Gasteiger partial charge >= 0.3 is 37.9 Å². The quantitative estimate of drug-likeness (QED) is 0.117. The van der Waals surface area contributed by atoms with Gasteiger partial charge in [0.25, 0.3) is 0 Å². The number of ether oxygens (including phenoxy) is 1. The summed E-state index contributed by atoms with van der Waals surface area (Å²) in [5.41, 5.74) is 5.25. The molecule has 0 spiro atoms. The number of hydrogen-bond donors (Lipinski definition) is 0. The molecule has 0 aliphatic heterocycles. The molecule has 0 saturated heterocycles. The van der Waals surface area contributed by atoms with Crippen molar-refractivity contribution in [3.05, 3.63) is 109 Å². The standard InChI is InChI=1S/C31H34NO.C5H5.2ClH.Zr/c1-31(2,3)33-21-9-5-4-8-20-32-29-17-7-6-14-27(29)28-22-24(18-19-30(28)32)26-16-11-13-23-12-10-15-25(23)26;1-2-4-5-3-1;;;/h6-7,10-19,22H,4-5,8-9,20-21H2,1-3H3;1-5H;2*1H;/q2*-1;;;+4/p-2. The van der Waals surface area contributed by atoms with E-state index in [-0.39, 0.29) is 5.60 Å². The number of rotatable bonds is 8. The first-order valence-corrected chi connectivity index (χ1v) is 20.7. The smallest absolute Gasteiger partial charge is 0.172 e. The molecule has 0 N–H and O–H groups in total. The van der Waals surface area contributed by atoms with Gasteiger partial charge in [0.05, 0.1) is 5.60 Å². The number of aryl methyl sites for hydroxylation is 1. The fraction of sp³-hybridized carbons (Fsp3) is 0.278. The summed E-state index contributed by atoms with van der Waals surface area (Å²) in [6, 6.07) is 39.0. The third kappa shape index (κ3) is 8.92. The normalized spacial score (nSPS) is 11.1. The van der Waals surface area contributed by atoms with Crippen LogP contribution in [-0.2, 0) is 32.1 Å². The van der Waals surface area contributed by atoms with Gasteiger partial charge in [0.1, 0.15) is 0 Å². The molecule has 0 atom stereocenters. The van der Waals surface area contributed by atoms with Crippen LogP contribution in [0.15, 0.2) is 109 Å². The first-order chi connectivity index (χ1) is 19.9. The van der Waals surface area contributed by atoms with Crippen molar-refractivity contribution in [3.8, 4) is 11.1 Å². The zero-order valence-corrected chi connectivity index (χ0v) is 28.2. The Morgan fingerprint density at radius 2 is 1.46 bits per heavy atom. The van der Waals surface area contributed by atoms with E-state index >= 15 is 0 Å². The van der Waals surface area contributed by atoms with E-state index < -0.39 is 20.8 Å².